The van der Waals surface area contributed by atoms with Crippen LogP contribution in [-0.2, 0) is 4.79 Å². The van der Waals surface area contributed by atoms with Crippen LogP contribution in [0.5, 0.6) is 0 Å². The van der Waals surface area contributed by atoms with Crippen molar-refractivity contribution in [2.45, 2.75) is 114 Å². The van der Waals surface area contributed by atoms with Gasteiger partial charge >= 0.3 is 0 Å². The highest BCUT2D eigenvalue weighted by molar-refractivity contribution is 5.94. The Morgan fingerprint density at radius 1 is 0.969 bits per heavy atom. The maximum atomic E-state index is 13.5. The molecular formula is C31H52O. The molecular weight excluding hydrogens is 388 g/mol. The topological polar surface area (TPSA) is 17.1 Å². The van der Waals surface area contributed by atoms with Gasteiger partial charge in [0.05, 0.1) is 0 Å². The third kappa shape index (κ3) is 3.96. The van der Waals surface area contributed by atoms with Crippen LogP contribution in [0.15, 0.2) is 11.6 Å². The van der Waals surface area contributed by atoms with Crippen LogP contribution in [0, 0.1) is 63.6 Å². The summed E-state index contributed by atoms with van der Waals surface area (Å²) in [4.78, 5) is 13.5. The summed E-state index contributed by atoms with van der Waals surface area (Å²) < 4.78 is 0. The van der Waals surface area contributed by atoms with Crippen LogP contribution in [0.1, 0.15) is 114 Å². The predicted octanol–water partition coefficient (Wildman–Crippen LogP) is 8.73. The van der Waals surface area contributed by atoms with Crippen molar-refractivity contribution >= 4 is 5.78 Å². The van der Waals surface area contributed by atoms with Gasteiger partial charge in [0.1, 0.15) is 0 Å². The summed E-state index contributed by atoms with van der Waals surface area (Å²) in [6.07, 6.45) is 12.6. The molecule has 0 heterocycles. The molecule has 182 valence electrons. The summed E-state index contributed by atoms with van der Waals surface area (Å²) >= 11 is 0. The van der Waals surface area contributed by atoms with Crippen molar-refractivity contribution < 1.29 is 4.79 Å². The molecule has 0 saturated heterocycles. The van der Waals surface area contributed by atoms with Crippen LogP contribution in [0.3, 0.4) is 0 Å². The van der Waals surface area contributed by atoms with E-state index in [2.05, 4.69) is 68.4 Å². The average molecular weight is 441 g/mol. The molecule has 0 aromatic carbocycles. The third-order valence-electron chi connectivity index (χ3n) is 11.7. The average Bonchev–Trinajstić information content (AvgIpc) is 3.04. The lowest BCUT2D eigenvalue weighted by Crippen LogP contribution is -2.53. The molecule has 0 aliphatic heterocycles. The molecule has 10 atom stereocenters. The first-order chi connectivity index (χ1) is 14.8. The van der Waals surface area contributed by atoms with Gasteiger partial charge in [-0.15, -0.1) is 0 Å². The van der Waals surface area contributed by atoms with Crippen LogP contribution in [0.25, 0.3) is 0 Å². The second-order valence-electron chi connectivity index (χ2n) is 14.8. The Labute approximate surface area is 199 Å². The van der Waals surface area contributed by atoms with Gasteiger partial charge in [-0.05, 0) is 115 Å². The van der Waals surface area contributed by atoms with Gasteiger partial charge in [0.2, 0.25) is 0 Å². The molecule has 3 fully saturated rings. The predicted molar refractivity (Wildman–Crippen MR) is 136 cm³/mol. The highest BCUT2D eigenvalue weighted by Gasteiger charge is 2.60. The Morgan fingerprint density at radius 3 is 2.28 bits per heavy atom. The van der Waals surface area contributed by atoms with E-state index in [1.54, 1.807) is 5.57 Å². The normalized spacial score (nSPS) is 46.0. The Hall–Kier alpha value is -0.590. The molecule has 0 N–H and O–H groups in total. The van der Waals surface area contributed by atoms with E-state index in [1.807, 2.05) is 0 Å². The van der Waals surface area contributed by atoms with E-state index in [0.29, 0.717) is 34.4 Å². The smallest absolute Gasteiger partial charge is 0.159 e. The fourth-order valence-corrected chi connectivity index (χ4v) is 9.13. The molecule has 4 rings (SSSR count). The second-order valence-corrected chi connectivity index (χ2v) is 14.8. The van der Waals surface area contributed by atoms with E-state index in [4.69, 9.17) is 0 Å². The molecule has 0 bridgehead atoms. The Morgan fingerprint density at radius 2 is 1.62 bits per heavy atom. The monoisotopic (exact) mass is 440 g/mol. The second kappa shape index (κ2) is 8.27. The van der Waals surface area contributed by atoms with Crippen molar-refractivity contribution in [2.24, 2.45) is 63.6 Å². The number of hydrogen-bond acceptors (Lipinski definition) is 1. The molecule has 1 nitrogen and oxygen atoms in total. The molecule has 3 saturated carbocycles. The van der Waals surface area contributed by atoms with Gasteiger partial charge in [-0.2, -0.15) is 0 Å². The Bertz CT molecular complexity index is 755. The number of ketones is 1. The zero-order valence-electron chi connectivity index (χ0n) is 22.8. The number of rotatable bonds is 4. The molecule has 0 spiro atoms. The SMILES string of the molecule is C[C@H]([C@H](C)CCC(C)(C)C)[C@H]1CCC2C3=CC(=O)[C@@H]4C[C@@H](C)[C@@H](C)C[C@]4(C)C3CC[C@@]21C. The Balaban J connectivity index is 1.57. The molecule has 0 aromatic heterocycles. The summed E-state index contributed by atoms with van der Waals surface area (Å²) in [6.45, 7) is 22.1. The van der Waals surface area contributed by atoms with E-state index < -0.39 is 0 Å². The number of carbonyl (C=O) groups is 1. The number of hydrogen-bond donors (Lipinski definition) is 0. The fraction of sp³-hybridized carbons (Fsp3) is 0.903. The van der Waals surface area contributed by atoms with Crippen molar-refractivity contribution in [1.82, 2.24) is 0 Å². The number of fused-ring (bicyclic) bond motifs is 5. The lowest BCUT2D eigenvalue weighted by Gasteiger charge is -2.58. The molecule has 32 heavy (non-hydrogen) atoms. The van der Waals surface area contributed by atoms with Gasteiger partial charge in [0.15, 0.2) is 5.78 Å². The maximum absolute atomic E-state index is 13.5. The minimum Gasteiger partial charge on any atom is -0.295 e. The zero-order chi connectivity index (χ0) is 23.6. The highest BCUT2D eigenvalue weighted by Crippen LogP contribution is 2.67. The van der Waals surface area contributed by atoms with Crippen molar-refractivity contribution in [3.05, 3.63) is 11.6 Å². The van der Waals surface area contributed by atoms with E-state index in [-0.39, 0.29) is 11.3 Å². The van der Waals surface area contributed by atoms with Crippen LogP contribution in [0.2, 0.25) is 0 Å². The Kier molecular flexibility index (Phi) is 6.34. The summed E-state index contributed by atoms with van der Waals surface area (Å²) in [5, 5.41) is 0. The van der Waals surface area contributed by atoms with E-state index in [9.17, 15) is 4.79 Å². The minimum atomic E-state index is 0.206. The summed E-state index contributed by atoms with van der Waals surface area (Å²) in [5.41, 5.74) is 2.64. The standard InChI is InChI=1S/C31H52O/c1-19(12-14-29(5,6)7)22(4)24-10-11-25-23-17-28(32)27-16-20(2)21(3)18-31(27,9)26(23)13-15-30(24,25)8/h17,19-22,24-27H,10-16,18H2,1-9H3/t19-,20-,21+,22-,24-,25?,26?,27+,30-,31-/m1/s1. The van der Waals surface area contributed by atoms with Gasteiger partial charge in [-0.3, -0.25) is 4.79 Å². The lowest BCUT2D eigenvalue weighted by atomic mass is 9.45. The fourth-order valence-electron chi connectivity index (χ4n) is 9.13. The first kappa shape index (κ1) is 24.5. The molecule has 0 aromatic rings. The lowest BCUT2D eigenvalue weighted by molar-refractivity contribution is -0.132. The molecule has 1 heteroatoms. The van der Waals surface area contributed by atoms with E-state index in [0.717, 1.165) is 30.1 Å². The summed E-state index contributed by atoms with van der Waals surface area (Å²) in [7, 11) is 0. The van der Waals surface area contributed by atoms with Gasteiger partial charge in [0.25, 0.3) is 0 Å². The molecule has 0 radical (unpaired) electrons. The van der Waals surface area contributed by atoms with Crippen molar-refractivity contribution in [1.29, 1.82) is 0 Å². The van der Waals surface area contributed by atoms with Crippen LogP contribution in [0.4, 0.5) is 0 Å². The van der Waals surface area contributed by atoms with Crippen LogP contribution >= 0.6 is 0 Å². The van der Waals surface area contributed by atoms with Gasteiger partial charge < -0.3 is 0 Å². The molecule has 4 aliphatic rings. The third-order valence-corrected chi connectivity index (χ3v) is 11.7. The van der Waals surface area contributed by atoms with E-state index >= 15 is 0 Å². The number of carbonyl (C=O) groups excluding carboxylic acids is 1. The molecule has 0 amide bonds. The largest absolute Gasteiger partial charge is 0.295 e. The highest BCUT2D eigenvalue weighted by atomic mass is 16.1. The molecule has 4 aliphatic carbocycles. The summed E-state index contributed by atoms with van der Waals surface area (Å²) in [5.74, 6) is 5.89. The maximum Gasteiger partial charge on any atom is 0.159 e. The van der Waals surface area contributed by atoms with Crippen molar-refractivity contribution in [3.8, 4) is 0 Å². The van der Waals surface area contributed by atoms with Gasteiger partial charge in [-0.25, -0.2) is 0 Å². The minimum absolute atomic E-state index is 0.206. The van der Waals surface area contributed by atoms with Crippen LogP contribution in [-0.4, -0.2) is 5.78 Å². The first-order valence-electron chi connectivity index (χ1n) is 14.0. The van der Waals surface area contributed by atoms with Crippen molar-refractivity contribution in [2.75, 3.05) is 0 Å². The first-order valence-corrected chi connectivity index (χ1v) is 14.0. The summed E-state index contributed by atoms with van der Waals surface area (Å²) in [6, 6.07) is 0. The quantitative estimate of drug-likeness (QED) is 0.427. The van der Waals surface area contributed by atoms with E-state index in [1.165, 1.54) is 44.9 Å². The molecule has 2 unspecified atom stereocenters. The number of allylic oxidation sites excluding steroid dienone is 2. The van der Waals surface area contributed by atoms with Gasteiger partial charge in [0, 0.05) is 5.92 Å². The van der Waals surface area contributed by atoms with Crippen molar-refractivity contribution in [3.63, 3.8) is 0 Å². The zero-order valence-corrected chi connectivity index (χ0v) is 22.8. The van der Waals surface area contributed by atoms with Gasteiger partial charge in [-0.1, -0.05) is 67.9 Å². The van der Waals surface area contributed by atoms with Crippen LogP contribution < -0.4 is 0 Å².